The number of rotatable bonds is 6. The molecule has 12 aromatic rings. The van der Waals surface area contributed by atoms with Gasteiger partial charge in [0.05, 0.1) is 33.1 Å². The number of hydrogen-bond donors (Lipinski definition) is 0. The largest absolute Gasteiger partial charge is 0.309 e. The fourth-order valence-corrected chi connectivity index (χ4v) is 9.24. The second-order valence-corrected chi connectivity index (χ2v) is 15.2. The van der Waals surface area contributed by atoms with Crippen molar-refractivity contribution < 1.29 is 0 Å². The molecule has 0 saturated carbocycles. The minimum atomic E-state index is 0.908. The van der Waals surface area contributed by atoms with Gasteiger partial charge in [-0.05, 0) is 77.4 Å². The number of aromatic nitrogens is 4. The highest BCUT2D eigenvalue weighted by Gasteiger charge is 2.20. The van der Waals surface area contributed by atoms with Crippen LogP contribution in [-0.4, -0.2) is 18.7 Å². The maximum absolute atomic E-state index is 5.41. The zero-order chi connectivity index (χ0) is 38.9. The molecule has 0 radical (unpaired) electrons. The molecule has 4 nitrogen and oxygen atoms in total. The van der Waals surface area contributed by atoms with Crippen LogP contribution in [0.25, 0.3) is 105 Å². The minimum Gasteiger partial charge on any atom is -0.309 e. The first-order valence-corrected chi connectivity index (χ1v) is 20.1. The van der Waals surface area contributed by atoms with Crippen LogP contribution < -0.4 is 0 Å². The average molecular weight is 753 g/mol. The first-order chi connectivity index (χ1) is 29.3. The van der Waals surface area contributed by atoms with Gasteiger partial charge in [0.1, 0.15) is 5.82 Å². The highest BCUT2D eigenvalue weighted by Crippen LogP contribution is 2.39. The SMILES string of the molecule is c1ccc(-c2cccc3c2nc(-c2ccccc2)n3-c2cccc(-c3cc(-n4c5ccccc5c5ccccc54)cc(-n4c5ccccc5c5ccccc54)c3)c2)cc1. The van der Waals surface area contributed by atoms with E-state index < -0.39 is 0 Å². The van der Waals surface area contributed by atoms with Crippen molar-refractivity contribution in [2.24, 2.45) is 0 Å². The molecule has 0 atom stereocenters. The number of benzene rings is 9. The van der Waals surface area contributed by atoms with E-state index in [1.165, 1.54) is 43.6 Å². The fourth-order valence-electron chi connectivity index (χ4n) is 9.24. The number of nitrogens with zero attached hydrogens (tertiary/aromatic N) is 4. The highest BCUT2D eigenvalue weighted by atomic mass is 15.1. The lowest BCUT2D eigenvalue weighted by Crippen LogP contribution is -2.01. The van der Waals surface area contributed by atoms with Crippen LogP contribution in [0.15, 0.2) is 218 Å². The number of fused-ring (bicyclic) bond motifs is 7. The van der Waals surface area contributed by atoms with Gasteiger partial charge in [-0.1, -0.05) is 158 Å². The molecule has 0 spiro atoms. The summed E-state index contributed by atoms with van der Waals surface area (Å²) in [4.78, 5) is 5.41. The average Bonchev–Trinajstić information content (AvgIpc) is 3.98. The van der Waals surface area contributed by atoms with Gasteiger partial charge in [0, 0.05) is 49.7 Å². The quantitative estimate of drug-likeness (QED) is 0.166. The Balaban J connectivity index is 1.13. The van der Waals surface area contributed by atoms with E-state index in [1.54, 1.807) is 0 Å². The zero-order valence-electron chi connectivity index (χ0n) is 32.1. The summed E-state index contributed by atoms with van der Waals surface area (Å²) in [5.74, 6) is 0.908. The summed E-state index contributed by atoms with van der Waals surface area (Å²) in [6.45, 7) is 0. The summed E-state index contributed by atoms with van der Waals surface area (Å²) in [6.07, 6.45) is 0. The number of imidazole rings is 1. The fraction of sp³-hybridized carbons (Fsp3) is 0. The molecule has 276 valence electrons. The van der Waals surface area contributed by atoms with E-state index in [0.29, 0.717) is 0 Å². The van der Waals surface area contributed by atoms with Crippen LogP contribution in [-0.2, 0) is 0 Å². The molecule has 0 fully saturated rings. The van der Waals surface area contributed by atoms with Crippen molar-refractivity contribution >= 4 is 54.6 Å². The second-order valence-electron chi connectivity index (χ2n) is 15.2. The molecule has 0 amide bonds. The van der Waals surface area contributed by atoms with Crippen LogP contribution in [0, 0.1) is 0 Å². The molecule has 9 aromatic carbocycles. The Hall–Kier alpha value is -7.95. The van der Waals surface area contributed by atoms with E-state index in [0.717, 1.165) is 61.7 Å². The second kappa shape index (κ2) is 13.3. The Morgan fingerprint density at radius 1 is 0.271 bits per heavy atom. The van der Waals surface area contributed by atoms with Crippen molar-refractivity contribution in [1.29, 1.82) is 0 Å². The monoisotopic (exact) mass is 752 g/mol. The van der Waals surface area contributed by atoms with E-state index >= 15 is 0 Å². The van der Waals surface area contributed by atoms with Gasteiger partial charge in [0.25, 0.3) is 0 Å². The molecule has 3 heterocycles. The van der Waals surface area contributed by atoms with Gasteiger partial charge < -0.3 is 9.13 Å². The van der Waals surface area contributed by atoms with E-state index in [1.807, 2.05) is 0 Å². The Morgan fingerprint density at radius 3 is 1.24 bits per heavy atom. The van der Waals surface area contributed by atoms with Gasteiger partial charge in [-0.3, -0.25) is 4.57 Å². The molecule has 0 N–H and O–H groups in total. The first kappa shape index (κ1) is 33.2. The molecular formula is C55H36N4. The Labute approximate surface area is 341 Å². The Kier molecular flexibility index (Phi) is 7.50. The standard InChI is InChI=1S/C55H36N4/c1-3-17-37(18-4-1)44-27-16-32-53-54(44)56-55(38-19-5-2-6-20-38)59(53)41-22-15-21-39(33-41)40-34-42(57-49-28-11-7-23-45(49)46-24-8-12-29-50(46)57)36-43(35-40)58-51-30-13-9-25-47(51)48-26-10-14-31-52(48)58/h1-36H. The predicted octanol–water partition coefficient (Wildman–Crippen LogP) is 14.2. The van der Waals surface area contributed by atoms with Gasteiger partial charge in [0.15, 0.2) is 0 Å². The lowest BCUT2D eigenvalue weighted by molar-refractivity contribution is 1.10. The molecule has 59 heavy (non-hydrogen) atoms. The van der Waals surface area contributed by atoms with Crippen LogP contribution in [0.4, 0.5) is 0 Å². The molecule has 0 aliphatic heterocycles. The van der Waals surface area contributed by atoms with E-state index in [4.69, 9.17) is 4.98 Å². The van der Waals surface area contributed by atoms with Gasteiger partial charge in [-0.15, -0.1) is 0 Å². The summed E-state index contributed by atoms with van der Waals surface area (Å²) < 4.78 is 7.18. The third kappa shape index (κ3) is 5.27. The molecule has 0 unspecified atom stereocenters. The summed E-state index contributed by atoms with van der Waals surface area (Å²) in [7, 11) is 0. The van der Waals surface area contributed by atoms with Gasteiger partial charge >= 0.3 is 0 Å². The molecule has 12 rings (SSSR count). The summed E-state index contributed by atoms with van der Waals surface area (Å²) in [6, 6.07) is 78.6. The molecule has 0 aliphatic carbocycles. The van der Waals surface area contributed by atoms with Crippen molar-refractivity contribution in [2.75, 3.05) is 0 Å². The van der Waals surface area contributed by atoms with E-state index in [9.17, 15) is 0 Å². The topological polar surface area (TPSA) is 27.7 Å². The van der Waals surface area contributed by atoms with Crippen molar-refractivity contribution in [3.63, 3.8) is 0 Å². The third-order valence-electron chi connectivity index (χ3n) is 11.8. The van der Waals surface area contributed by atoms with Crippen molar-refractivity contribution in [3.8, 4) is 50.7 Å². The molecule has 3 aromatic heterocycles. The normalized spacial score (nSPS) is 11.7. The zero-order valence-corrected chi connectivity index (χ0v) is 32.1. The summed E-state index contributed by atoms with van der Waals surface area (Å²) in [5, 5.41) is 4.96. The maximum atomic E-state index is 5.41. The predicted molar refractivity (Wildman–Crippen MR) is 246 cm³/mol. The lowest BCUT2D eigenvalue weighted by atomic mass is 10.0. The number of para-hydroxylation sites is 5. The molecule has 0 aliphatic rings. The van der Waals surface area contributed by atoms with Crippen molar-refractivity contribution in [3.05, 3.63) is 218 Å². The third-order valence-corrected chi connectivity index (χ3v) is 11.8. The Morgan fingerprint density at radius 2 is 0.695 bits per heavy atom. The molecule has 4 heteroatoms. The Bertz CT molecular complexity index is 3310. The highest BCUT2D eigenvalue weighted by molar-refractivity contribution is 6.11. The minimum absolute atomic E-state index is 0.908. The van der Waals surface area contributed by atoms with E-state index in [2.05, 4.69) is 232 Å². The van der Waals surface area contributed by atoms with Gasteiger partial charge in [-0.2, -0.15) is 0 Å². The van der Waals surface area contributed by atoms with Gasteiger partial charge in [0.2, 0.25) is 0 Å². The first-order valence-electron chi connectivity index (χ1n) is 20.1. The van der Waals surface area contributed by atoms with E-state index in [-0.39, 0.29) is 0 Å². The summed E-state index contributed by atoms with van der Waals surface area (Å²) >= 11 is 0. The van der Waals surface area contributed by atoms with Crippen LogP contribution in [0.5, 0.6) is 0 Å². The van der Waals surface area contributed by atoms with Crippen LogP contribution in [0.2, 0.25) is 0 Å². The van der Waals surface area contributed by atoms with Crippen molar-refractivity contribution in [1.82, 2.24) is 18.7 Å². The molecule has 0 saturated heterocycles. The van der Waals surface area contributed by atoms with Crippen molar-refractivity contribution in [2.45, 2.75) is 0 Å². The smallest absolute Gasteiger partial charge is 0.145 e. The van der Waals surface area contributed by atoms with Crippen LogP contribution in [0.3, 0.4) is 0 Å². The van der Waals surface area contributed by atoms with Gasteiger partial charge in [-0.25, -0.2) is 4.98 Å². The van der Waals surface area contributed by atoms with Crippen LogP contribution >= 0.6 is 0 Å². The maximum Gasteiger partial charge on any atom is 0.145 e. The number of hydrogen-bond acceptors (Lipinski definition) is 1. The summed E-state index contributed by atoms with van der Waals surface area (Å²) in [5.41, 5.74) is 15.6. The lowest BCUT2D eigenvalue weighted by Gasteiger charge is -2.17. The van der Waals surface area contributed by atoms with Crippen LogP contribution in [0.1, 0.15) is 0 Å². The molecule has 0 bridgehead atoms. The molecular weight excluding hydrogens is 717 g/mol.